The first-order valence-corrected chi connectivity index (χ1v) is 4.85. The number of hydrogen-bond donors (Lipinski definition) is 0. The van der Waals surface area contributed by atoms with E-state index < -0.39 is 15.5 Å². The Hall–Kier alpha value is -2.83. The number of carbonyl (C=O) groups excluding carboxylic acids is 1. The molecule has 0 aliphatic heterocycles. The third-order valence-corrected chi connectivity index (χ3v) is 2.53. The van der Waals surface area contributed by atoms with Gasteiger partial charge in [-0.1, -0.05) is 6.07 Å². The topological polar surface area (TPSA) is 103 Å². The van der Waals surface area contributed by atoms with Gasteiger partial charge in [-0.05, 0) is 17.5 Å². The fourth-order valence-corrected chi connectivity index (χ4v) is 1.72. The van der Waals surface area contributed by atoms with Crippen LogP contribution < -0.4 is 0 Å². The van der Waals surface area contributed by atoms with E-state index in [0.29, 0.717) is 11.7 Å². The number of hydrogen-bond acceptors (Lipinski definition) is 5. The third-order valence-electron chi connectivity index (χ3n) is 2.53. The Morgan fingerprint density at radius 2 is 1.67 bits per heavy atom. The van der Waals surface area contributed by atoms with Gasteiger partial charge in [0.25, 0.3) is 11.4 Å². The number of fused-ring (bicyclic) bond motifs is 1. The Labute approximate surface area is 99.9 Å². The fourth-order valence-electron chi connectivity index (χ4n) is 1.72. The SMILES string of the molecule is O=Cc1ccc2ccc([N+](=O)[O-])cc2c1[N+](=O)[O-]. The maximum absolute atomic E-state index is 11.0. The van der Waals surface area contributed by atoms with Crippen LogP contribution in [-0.4, -0.2) is 16.1 Å². The van der Waals surface area contributed by atoms with Crippen LogP contribution in [0.5, 0.6) is 0 Å². The molecule has 0 atom stereocenters. The number of nitro groups is 2. The lowest BCUT2D eigenvalue weighted by atomic mass is 10.0. The van der Waals surface area contributed by atoms with Gasteiger partial charge in [0, 0.05) is 12.1 Å². The standard InChI is InChI=1S/C11H6N2O5/c14-6-8-2-1-7-3-4-9(12(15)16)5-10(7)11(8)13(17)18/h1-6H. The maximum atomic E-state index is 11.0. The Morgan fingerprint density at radius 3 is 2.22 bits per heavy atom. The van der Waals surface area contributed by atoms with Gasteiger partial charge in [-0.15, -0.1) is 0 Å². The molecule has 0 aromatic heterocycles. The van der Waals surface area contributed by atoms with E-state index >= 15 is 0 Å². The van der Waals surface area contributed by atoms with E-state index in [1.807, 2.05) is 0 Å². The van der Waals surface area contributed by atoms with Crippen molar-refractivity contribution in [2.75, 3.05) is 0 Å². The van der Waals surface area contributed by atoms with E-state index in [2.05, 4.69) is 0 Å². The molecule has 0 spiro atoms. The van der Waals surface area contributed by atoms with Crippen LogP contribution in [0, 0.1) is 20.2 Å². The average molecular weight is 246 g/mol. The minimum Gasteiger partial charge on any atom is -0.298 e. The zero-order chi connectivity index (χ0) is 13.3. The van der Waals surface area contributed by atoms with Crippen LogP contribution in [-0.2, 0) is 0 Å². The average Bonchev–Trinajstić information content (AvgIpc) is 2.36. The smallest absolute Gasteiger partial charge is 0.287 e. The summed E-state index contributed by atoms with van der Waals surface area (Å²) in [5.74, 6) is 0. The molecule has 90 valence electrons. The van der Waals surface area contributed by atoms with Crippen LogP contribution in [0.2, 0.25) is 0 Å². The molecule has 7 nitrogen and oxygen atoms in total. The number of nitrogens with zero attached hydrogens (tertiary/aromatic N) is 2. The predicted molar refractivity (Wildman–Crippen MR) is 62.6 cm³/mol. The number of rotatable bonds is 3. The van der Waals surface area contributed by atoms with Crippen LogP contribution in [0.1, 0.15) is 10.4 Å². The van der Waals surface area contributed by atoms with Crippen LogP contribution in [0.3, 0.4) is 0 Å². The normalized spacial score (nSPS) is 10.2. The van der Waals surface area contributed by atoms with E-state index in [1.165, 1.54) is 24.3 Å². The largest absolute Gasteiger partial charge is 0.298 e. The van der Waals surface area contributed by atoms with Gasteiger partial charge in [-0.3, -0.25) is 25.0 Å². The molecule has 0 saturated carbocycles. The quantitative estimate of drug-likeness (QED) is 0.470. The summed E-state index contributed by atoms with van der Waals surface area (Å²) in [5, 5.41) is 22.2. The first-order valence-electron chi connectivity index (χ1n) is 4.85. The van der Waals surface area contributed by atoms with Gasteiger partial charge < -0.3 is 0 Å². The summed E-state index contributed by atoms with van der Waals surface area (Å²) in [4.78, 5) is 31.0. The Balaban J connectivity index is 2.88. The highest BCUT2D eigenvalue weighted by molar-refractivity contribution is 5.99. The number of nitro benzene ring substituents is 2. The van der Waals surface area contributed by atoms with E-state index in [4.69, 9.17) is 0 Å². The highest BCUT2D eigenvalue weighted by atomic mass is 16.6. The molecule has 0 unspecified atom stereocenters. The summed E-state index contributed by atoms with van der Waals surface area (Å²) in [6.07, 6.45) is 0.358. The summed E-state index contributed by atoms with van der Waals surface area (Å²) in [6, 6.07) is 6.59. The maximum Gasteiger partial charge on any atom is 0.287 e. The van der Waals surface area contributed by atoms with Gasteiger partial charge in [-0.2, -0.15) is 0 Å². The van der Waals surface area contributed by atoms with E-state index in [-0.39, 0.29) is 16.6 Å². The van der Waals surface area contributed by atoms with Crippen LogP contribution in [0.25, 0.3) is 10.8 Å². The molecule has 0 saturated heterocycles. The third kappa shape index (κ3) is 1.77. The van der Waals surface area contributed by atoms with Crippen molar-refractivity contribution in [2.45, 2.75) is 0 Å². The number of benzene rings is 2. The molecule has 2 rings (SSSR count). The first kappa shape index (κ1) is 11.6. The van der Waals surface area contributed by atoms with Gasteiger partial charge >= 0.3 is 0 Å². The Morgan fingerprint density at radius 1 is 1.00 bits per heavy atom. The van der Waals surface area contributed by atoms with E-state index in [9.17, 15) is 25.0 Å². The van der Waals surface area contributed by atoms with Crippen molar-refractivity contribution in [3.8, 4) is 0 Å². The molecule has 0 amide bonds. The molecule has 2 aromatic carbocycles. The summed E-state index contributed by atoms with van der Waals surface area (Å²) in [7, 11) is 0. The zero-order valence-corrected chi connectivity index (χ0v) is 8.90. The molecule has 18 heavy (non-hydrogen) atoms. The molecular formula is C11H6N2O5. The van der Waals surface area contributed by atoms with E-state index in [1.54, 1.807) is 0 Å². The molecule has 0 radical (unpaired) electrons. The summed E-state index contributed by atoms with van der Waals surface area (Å²) < 4.78 is 0. The van der Waals surface area contributed by atoms with E-state index in [0.717, 1.165) is 6.07 Å². The molecule has 0 aliphatic rings. The van der Waals surface area contributed by atoms with Crippen molar-refractivity contribution in [3.05, 3.63) is 56.1 Å². The van der Waals surface area contributed by atoms with Crippen molar-refractivity contribution in [2.24, 2.45) is 0 Å². The molecule has 0 heterocycles. The van der Waals surface area contributed by atoms with Gasteiger partial charge in [0.05, 0.1) is 20.8 Å². The van der Waals surface area contributed by atoms with Gasteiger partial charge in [0.1, 0.15) is 0 Å². The predicted octanol–water partition coefficient (Wildman–Crippen LogP) is 2.47. The molecule has 0 fully saturated rings. The Kier molecular flexibility index (Phi) is 2.72. The lowest BCUT2D eigenvalue weighted by molar-refractivity contribution is -0.386. The molecule has 0 N–H and O–H groups in total. The lowest BCUT2D eigenvalue weighted by Gasteiger charge is -2.01. The summed E-state index contributed by atoms with van der Waals surface area (Å²) >= 11 is 0. The first-order chi connectivity index (χ1) is 8.54. The van der Waals surface area contributed by atoms with Crippen molar-refractivity contribution >= 4 is 28.4 Å². The molecule has 7 heteroatoms. The molecular weight excluding hydrogens is 240 g/mol. The zero-order valence-electron chi connectivity index (χ0n) is 8.90. The highest BCUT2D eigenvalue weighted by Gasteiger charge is 2.20. The summed E-state index contributed by atoms with van der Waals surface area (Å²) in [5.41, 5.74) is -0.771. The van der Waals surface area contributed by atoms with Crippen LogP contribution in [0.15, 0.2) is 30.3 Å². The monoisotopic (exact) mass is 246 g/mol. The van der Waals surface area contributed by atoms with Crippen molar-refractivity contribution in [1.82, 2.24) is 0 Å². The second-order valence-electron chi connectivity index (χ2n) is 3.54. The van der Waals surface area contributed by atoms with Gasteiger partial charge in [0.15, 0.2) is 6.29 Å². The minimum atomic E-state index is -0.713. The van der Waals surface area contributed by atoms with Crippen molar-refractivity contribution < 1.29 is 14.6 Å². The second-order valence-corrected chi connectivity index (χ2v) is 3.54. The van der Waals surface area contributed by atoms with Gasteiger partial charge in [0.2, 0.25) is 0 Å². The highest BCUT2D eigenvalue weighted by Crippen LogP contribution is 2.31. The Bertz CT molecular complexity index is 680. The number of carbonyl (C=O) groups is 1. The summed E-state index contributed by atoms with van der Waals surface area (Å²) in [6.45, 7) is 0. The second kappa shape index (κ2) is 4.21. The van der Waals surface area contributed by atoms with Crippen LogP contribution in [0.4, 0.5) is 11.4 Å². The van der Waals surface area contributed by atoms with Crippen molar-refractivity contribution in [1.29, 1.82) is 0 Å². The molecule has 0 aliphatic carbocycles. The number of non-ortho nitro benzene ring substituents is 1. The molecule has 2 aromatic rings. The lowest BCUT2D eigenvalue weighted by Crippen LogP contribution is -1.96. The number of aldehydes is 1. The minimum absolute atomic E-state index is 0.0822. The van der Waals surface area contributed by atoms with Gasteiger partial charge in [-0.25, -0.2) is 0 Å². The van der Waals surface area contributed by atoms with Crippen molar-refractivity contribution in [3.63, 3.8) is 0 Å². The fraction of sp³-hybridized carbons (Fsp3) is 0. The van der Waals surface area contributed by atoms with Crippen LogP contribution >= 0.6 is 0 Å². The molecule has 0 bridgehead atoms.